The maximum atomic E-state index is 14.9. The number of aromatic nitrogens is 2. The van der Waals surface area contributed by atoms with E-state index < -0.39 is 5.67 Å². The Labute approximate surface area is 219 Å². The zero-order chi connectivity index (χ0) is 25.3. The molecule has 1 N–H and O–H groups in total. The Bertz CT molecular complexity index is 1480. The van der Waals surface area contributed by atoms with Gasteiger partial charge in [0, 0.05) is 0 Å². The first kappa shape index (κ1) is 24.6. The first-order valence-corrected chi connectivity index (χ1v) is 14.1. The number of amides is 1. The van der Waals surface area contributed by atoms with Gasteiger partial charge in [0.25, 0.3) is 0 Å². The summed E-state index contributed by atoms with van der Waals surface area (Å²) in [5.41, 5.74) is 2.78. The quantitative estimate of drug-likeness (QED) is 0.415. The van der Waals surface area contributed by atoms with Gasteiger partial charge >= 0.3 is 220 Å². The van der Waals surface area contributed by atoms with Crippen LogP contribution < -0.4 is 42.0 Å². The Hall–Kier alpha value is -3.11. The zero-order valence-electron chi connectivity index (χ0n) is 20.4. The molecule has 3 aromatic rings. The van der Waals surface area contributed by atoms with Crippen LogP contribution in [-0.4, -0.2) is 43.1 Å². The van der Waals surface area contributed by atoms with E-state index in [2.05, 4.69) is 19.5 Å². The summed E-state index contributed by atoms with van der Waals surface area (Å²) in [6.45, 7) is 2.22. The molecule has 0 spiro atoms. The van der Waals surface area contributed by atoms with Gasteiger partial charge in [0.2, 0.25) is 0 Å². The number of fused-ring (bicyclic) bond motifs is 2. The van der Waals surface area contributed by atoms with E-state index in [1.54, 1.807) is 18.2 Å². The molecule has 0 saturated heterocycles. The number of nitrogens with one attached hydrogen (secondary N) is 1. The van der Waals surface area contributed by atoms with E-state index in [-0.39, 0.29) is 33.7 Å². The van der Waals surface area contributed by atoms with Crippen LogP contribution in [0.15, 0.2) is 58.2 Å². The number of hydrogen-bond acceptors (Lipinski definition) is 5. The molecule has 1 aromatic carbocycles. The van der Waals surface area contributed by atoms with Gasteiger partial charge in [0.05, 0.1) is 0 Å². The Kier molecular flexibility index (Phi) is 6.90. The van der Waals surface area contributed by atoms with Gasteiger partial charge in [0.1, 0.15) is 0 Å². The second-order valence-electron chi connectivity index (χ2n) is 9.25. The molecule has 2 aromatic heterocycles. The van der Waals surface area contributed by atoms with E-state index in [1.807, 2.05) is 49.3 Å². The normalized spacial score (nSPS) is 18.7. The van der Waals surface area contributed by atoms with Crippen molar-refractivity contribution in [1.82, 2.24) is 15.3 Å². The molecule has 4 heterocycles. The van der Waals surface area contributed by atoms with E-state index in [4.69, 9.17) is 14.7 Å². The van der Waals surface area contributed by atoms with Crippen molar-refractivity contribution in [2.24, 2.45) is 0 Å². The zero-order valence-corrected chi connectivity index (χ0v) is 22.5. The fraction of sp³-hybridized carbons (Fsp3) is 0.250. The van der Waals surface area contributed by atoms with Crippen molar-refractivity contribution in [2.45, 2.75) is 19.2 Å². The molecule has 0 fully saturated rings. The van der Waals surface area contributed by atoms with Gasteiger partial charge in [-0.3, -0.25) is 0 Å². The van der Waals surface area contributed by atoms with Crippen LogP contribution in [0.1, 0.15) is 28.4 Å². The third-order valence-electron chi connectivity index (χ3n) is 6.14. The third-order valence-corrected chi connectivity index (χ3v) is 8.33. The topological polar surface area (TPSA) is 67.4 Å². The summed E-state index contributed by atoms with van der Waals surface area (Å²) in [5, 5.41) is 4.95. The van der Waals surface area contributed by atoms with Crippen molar-refractivity contribution in [3.63, 3.8) is 0 Å². The summed E-state index contributed by atoms with van der Waals surface area (Å²) < 4.78 is 24.7. The Balaban J connectivity index is 1.36. The number of hydrogen-bond donors (Lipinski definition) is 1. The molecule has 1 amide bonds. The molecule has 0 aliphatic carbocycles. The van der Waals surface area contributed by atoms with Gasteiger partial charge in [-0.2, -0.15) is 0 Å². The molecular weight excluding hydrogens is 570 g/mol. The Morgan fingerprint density at radius 2 is 1.97 bits per heavy atom. The number of carbonyl (C=O) groups is 1. The first-order valence-electron chi connectivity index (χ1n) is 11.6. The number of carbonyl (C=O) groups excluding carboxylic acids is 1. The molecule has 1 atom stereocenters. The number of nitrogens with zero attached hydrogens (tertiary/aromatic N) is 3. The van der Waals surface area contributed by atoms with E-state index in [1.165, 1.54) is 6.92 Å². The van der Waals surface area contributed by atoms with Crippen LogP contribution in [0.3, 0.4) is 0 Å². The average molecular weight is 597 g/mol. The van der Waals surface area contributed by atoms with E-state index in [9.17, 15) is 9.18 Å². The van der Waals surface area contributed by atoms with Crippen LogP contribution >= 0.6 is 0 Å². The van der Waals surface area contributed by atoms with Gasteiger partial charge in [-0.05, 0) is 0 Å². The molecule has 0 radical (unpaired) electrons. The van der Waals surface area contributed by atoms with Gasteiger partial charge in [-0.1, -0.05) is 0 Å². The average Bonchev–Trinajstić information content (AvgIpc) is 3.08. The first-order chi connectivity index (χ1) is 17.3. The summed E-state index contributed by atoms with van der Waals surface area (Å²) in [5.74, 6) is 0.643. The standard InChI is InChI=1S/C28H27FIN4O2/c1-28(29)17-36-16-21-8-7-19(12-22(21)28)27(35)31-15-18-11-25-20(14-30-13-18)9-10-24(32-25)23-5-4-6-26(33-23)34(2)3/h4-14H,15-17H2,1-3H3,(H,31,35)/q-1/t28-/m1/s1. The fourth-order valence-electron chi connectivity index (χ4n) is 4.17. The van der Waals surface area contributed by atoms with E-state index in [0.29, 0.717) is 24.3 Å². The second-order valence-corrected chi connectivity index (χ2v) is 11.2. The SMILES string of the molecule is CN(C)c1cccc(-c2ccc3c(n2)=CC(CNC(=O)c2ccc4c(c2)[C@](C)(F)COC4)=C[I-]C=3)n1. The maximum absolute atomic E-state index is 14.9. The van der Waals surface area contributed by atoms with Gasteiger partial charge in [-0.15, -0.1) is 0 Å². The number of benzene rings is 1. The predicted molar refractivity (Wildman–Crippen MR) is 135 cm³/mol. The monoisotopic (exact) mass is 597 g/mol. The van der Waals surface area contributed by atoms with Gasteiger partial charge in [0.15, 0.2) is 0 Å². The predicted octanol–water partition coefficient (Wildman–Crippen LogP) is -0.140. The molecule has 2 aliphatic heterocycles. The minimum absolute atomic E-state index is 0.00353. The molecular formula is C28H27FIN4O2-. The molecule has 2 aliphatic rings. The van der Waals surface area contributed by atoms with Crippen molar-refractivity contribution in [1.29, 1.82) is 0 Å². The fourth-order valence-corrected chi connectivity index (χ4v) is 6.13. The van der Waals surface area contributed by atoms with Crippen LogP contribution in [-0.2, 0) is 17.0 Å². The number of rotatable bonds is 5. The number of anilines is 1. The van der Waals surface area contributed by atoms with Crippen LogP contribution in [0, 0.1) is 0 Å². The van der Waals surface area contributed by atoms with Crippen LogP contribution in [0.25, 0.3) is 21.5 Å². The molecule has 36 heavy (non-hydrogen) atoms. The number of ether oxygens (including phenoxy) is 1. The summed E-state index contributed by atoms with van der Waals surface area (Å²) in [4.78, 5) is 24.5. The van der Waals surface area contributed by atoms with Crippen molar-refractivity contribution in [3.8, 4) is 11.4 Å². The summed E-state index contributed by atoms with van der Waals surface area (Å²) >= 11 is -0.324. The molecule has 8 heteroatoms. The van der Waals surface area contributed by atoms with Gasteiger partial charge in [-0.25, -0.2) is 0 Å². The van der Waals surface area contributed by atoms with Gasteiger partial charge < -0.3 is 0 Å². The number of alkyl halides is 1. The Morgan fingerprint density at radius 1 is 1.14 bits per heavy atom. The molecule has 186 valence electrons. The molecule has 0 unspecified atom stereocenters. The summed E-state index contributed by atoms with van der Waals surface area (Å²) in [7, 11) is 3.92. The van der Waals surface area contributed by atoms with E-state index in [0.717, 1.165) is 38.9 Å². The van der Waals surface area contributed by atoms with Crippen LogP contribution in [0.4, 0.5) is 10.2 Å². The number of pyridine rings is 2. The molecule has 0 bridgehead atoms. The van der Waals surface area contributed by atoms with Crippen LogP contribution in [0.2, 0.25) is 0 Å². The van der Waals surface area contributed by atoms with E-state index >= 15 is 0 Å². The van der Waals surface area contributed by atoms with Crippen molar-refractivity contribution in [2.75, 3.05) is 32.1 Å². The third kappa shape index (κ3) is 5.19. The number of halogens is 2. The molecule has 6 nitrogen and oxygen atoms in total. The van der Waals surface area contributed by atoms with Crippen molar-refractivity contribution < 1.29 is 35.1 Å². The van der Waals surface area contributed by atoms with Crippen molar-refractivity contribution >= 4 is 21.9 Å². The minimum atomic E-state index is -1.60. The summed E-state index contributed by atoms with van der Waals surface area (Å²) in [6.07, 6.45) is 2.03. The second kappa shape index (κ2) is 10.1. The molecule has 0 saturated carbocycles. The van der Waals surface area contributed by atoms with Crippen LogP contribution in [0.5, 0.6) is 0 Å². The Morgan fingerprint density at radius 3 is 2.81 bits per heavy atom. The molecule has 5 rings (SSSR count). The van der Waals surface area contributed by atoms with Crippen molar-refractivity contribution in [3.05, 3.63) is 85.4 Å². The summed E-state index contributed by atoms with van der Waals surface area (Å²) in [6, 6.07) is 15.1.